The van der Waals surface area contributed by atoms with Gasteiger partial charge in [-0.1, -0.05) is 34.1 Å². The van der Waals surface area contributed by atoms with E-state index in [-0.39, 0.29) is 6.61 Å². The summed E-state index contributed by atoms with van der Waals surface area (Å²) in [4.78, 5) is 4.24. The van der Waals surface area contributed by atoms with Gasteiger partial charge < -0.3 is 14.4 Å². The van der Waals surface area contributed by atoms with Gasteiger partial charge in [-0.25, -0.2) is 0 Å². The van der Waals surface area contributed by atoms with Crippen molar-refractivity contribution in [1.82, 2.24) is 10.1 Å². The molecule has 108 valence electrons. The number of rotatable bonds is 6. The number of benzene rings is 1. The molecule has 6 heteroatoms. The van der Waals surface area contributed by atoms with Gasteiger partial charge in [0.2, 0.25) is 0 Å². The summed E-state index contributed by atoms with van der Waals surface area (Å²) in [5, 5.41) is 13.6. The Kier molecular flexibility index (Phi) is 5.14. The van der Waals surface area contributed by atoms with Gasteiger partial charge in [0, 0.05) is 16.5 Å². The van der Waals surface area contributed by atoms with Crippen LogP contribution in [0.1, 0.15) is 43.7 Å². The van der Waals surface area contributed by atoms with Crippen molar-refractivity contribution in [1.29, 1.82) is 0 Å². The summed E-state index contributed by atoms with van der Waals surface area (Å²) in [6.45, 7) is 3.94. The SMILES string of the molecule is CCCc1noc(COc2cc(Br)ccc2[C@@H](C)O)n1. The lowest BCUT2D eigenvalue weighted by Gasteiger charge is -2.12. The number of hydrogen-bond donors (Lipinski definition) is 1. The van der Waals surface area contributed by atoms with Crippen molar-refractivity contribution in [3.8, 4) is 5.75 Å². The molecule has 0 aliphatic heterocycles. The van der Waals surface area contributed by atoms with Crippen molar-refractivity contribution in [3.05, 3.63) is 40.0 Å². The maximum atomic E-state index is 9.72. The molecule has 0 bridgehead atoms. The topological polar surface area (TPSA) is 68.4 Å². The van der Waals surface area contributed by atoms with E-state index in [4.69, 9.17) is 9.26 Å². The van der Waals surface area contributed by atoms with Crippen molar-refractivity contribution in [2.45, 2.75) is 39.4 Å². The number of halogens is 1. The standard InChI is InChI=1S/C14H17BrN2O3/c1-3-4-13-16-14(20-17-13)8-19-12-7-10(15)5-6-11(12)9(2)18/h5-7,9,18H,3-4,8H2,1-2H3/t9-/m1/s1. The first-order valence-corrected chi connectivity index (χ1v) is 7.31. The van der Waals surface area contributed by atoms with Gasteiger partial charge in [-0.15, -0.1) is 0 Å². The summed E-state index contributed by atoms with van der Waals surface area (Å²) in [5.74, 6) is 1.73. The molecule has 0 saturated heterocycles. The highest BCUT2D eigenvalue weighted by atomic mass is 79.9. The second kappa shape index (κ2) is 6.85. The third kappa shape index (κ3) is 3.80. The summed E-state index contributed by atoms with van der Waals surface area (Å²) in [6, 6.07) is 5.49. The van der Waals surface area contributed by atoms with E-state index in [2.05, 4.69) is 33.0 Å². The quantitative estimate of drug-likeness (QED) is 0.872. The number of aliphatic hydroxyl groups is 1. The van der Waals surface area contributed by atoms with E-state index in [0.717, 1.165) is 22.9 Å². The molecule has 0 amide bonds. The smallest absolute Gasteiger partial charge is 0.264 e. The largest absolute Gasteiger partial charge is 0.483 e. The molecule has 0 aliphatic rings. The van der Waals surface area contributed by atoms with Gasteiger partial charge in [-0.3, -0.25) is 0 Å². The molecule has 1 aromatic carbocycles. The Hall–Kier alpha value is -1.40. The zero-order valence-corrected chi connectivity index (χ0v) is 13.1. The molecule has 0 saturated carbocycles. The van der Waals surface area contributed by atoms with E-state index in [9.17, 15) is 5.11 Å². The summed E-state index contributed by atoms with van der Waals surface area (Å²) in [6.07, 6.45) is 1.16. The van der Waals surface area contributed by atoms with E-state index < -0.39 is 6.10 Å². The van der Waals surface area contributed by atoms with Gasteiger partial charge in [0.25, 0.3) is 5.89 Å². The van der Waals surface area contributed by atoms with E-state index in [1.165, 1.54) is 0 Å². The molecular formula is C14H17BrN2O3. The van der Waals surface area contributed by atoms with Crippen molar-refractivity contribution >= 4 is 15.9 Å². The normalized spacial score (nSPS) is 12.4. The predicted octanol–water partition coefficient (Wildman–Crippen LogP) is 3.42. The fourth-order valence-electron chi connectivity index (χ4n) is 1.79. The molecule has 1 heterocycles. The first kappa shape index (κ1) is 15.0. The second-order valence-corrected chi connectivity index (χ2v) is 5.42. The summed E-state index contributed by atoms with van der Waals surface area (Å²) < 4.78 is 11.7. The molecule has 1 N–H and O–H groups in total. The molecule has 5 nitrogen and oxygen atoms in total. The zero-order chi connectivity index (χ0) is 14.5. The lowest BCUT2D eigenvalue weighted by Crippen LogP contribution is -2.01. The Morgan fingerprint density at radius 1 is 1.45 bits per heavy atom. The fourth-order valence-corrected chi connectivity index (χ4v) is 2.13. The fraction of sp³-hybridized carbons (Fsp3) is 0.429. The number of hydrogen-bond acceptors (Lipinski definition) is 5. The van der Waals surface area contributed by atoms with Crippen LogP contribution in [0.2, 0.25) is 0 Å². The Morgan fingerprint density at radius 2 is 2.25 bits per heavy atom. The first-order chi connectivity index (χ1) is 9.60. The van der Waals surface area contributed by atoms with E-state index in [1.807, 2.05) is 18.2 Å². The van der Waals surface area contributed by atoms with Crippen LogP contribution in [0, 0.1) is 0 Å². The minimum Gasteiger partial charge on any atom is -0.483 e. The van der Waals surface area contributed by atoms with Gasteiger partial charge in [0.05, 0.1) is 6.10 Å². The third-order valence-electron chi connectivity index (χ3n) is 2.76. The Bertz CT molecular complexity index is 569. The number of aryl methyl sites for hydroxylation is 1. The average Bonchev–Trinajstić information content (AvgIpc) is 2.84. The monoisotopic (exact) mass is 340 g/mol. The van der Waals surface area contributed by atoms with Crippen LogP contribution in [0.3, 0.4) is 0 Å². The van der Waals surface area contributed by atoms with E-state index >= 15 is 0 Å². The second-order valence-electron chi connectivity index (χ2n) is 4.50. The molecule has 0 unspecified atom stereocenters. The van der Waals surface area contributed by atoms with Gasteiger partial charge in [-0.05, 0) is 25.5 Å². The molecule has 0 fully saturated rings. The Morgan fingerprint density at radius 3 is 2.95 bits per heavy atom. The third-order valence-corrected chi connectivity index (χ3v) is 3.25. The zero-order valence-electron chi connectivity index (χ0n) is 11.5. The number of aliphatic hydroxyl groups excluding tert-OH is 1. The highest BCUT2D eigenvalue weighted by Gasteiger charge is 2.12. The predicted molar refractivity (Wildman–Crippen MR) is 77.4 cm³/mol. The molecule has 1 atom stereocenters. The summed E-state index contributed by atoms with van der Waals surface area (Å²) >= 11 is 3.38. The van der Waals surface area contributed by atoms with Crippen LogP contribution < -0.4 is 4.74 Å². The molecule has 2 rings (SSSR count). The lowest BCUT2D eigenvalue weighted by atomic mass is 10.1. The Labute approximate surface area is 126 Å². The summed E-state index contributed by atoms with van der Waals surface area (Å²) in [7, 11) is 0. The van der Waals surface area contributed by atoms with Crippen LogP contribution in [0.5, 0.6) is 5.75 Å². The van der Waals surface area contributed by atoms with Crippen LogP contribution >= 0.6 is 15.9 Å². The van der Waals surface area contributed by atoms with Crippen molar-refractivity contribution in [2.75, 3.05) is 0 Å². The number of aromatic nitrogens is 2. The molecule has 2 aromatic rings. The molecule has 20 heavy (non-hydrogen) atoms. The van der Waals surface area contributed by atoms with Gasteiger partial charge in [-0.2, -0.15) is 4.98 Å². The van der Waals surface area contributed by atoms with Gasteiger partial charge in [0.1, 0.15) is 5.75 Å². The highest BCUT2D eigenvalue weighted by Crippen LogP contribution is 2.29. The van der Waals surface area contributed by atoms with Crippen LogP contribution in [0.25, 0.3) is 0 Å². The first-order valence-electron chi connectivity index (χ1n) is 6.52. The van der Waals surface area contributed by atoms with Crippen LogP contribution in [0.15, 0.2) is 27.2 Å². The number of nitrogens with zero attached hydrogens (tertiary/aromatic N) is 2. The molecule has 0 spiro atoms. The molecular weight excluding hydrogens is 324 g/mol. The minimum absolute atomic E-state index is 0.187. The Balaban J connectivity index is 2.07. The van der Waals surface area contributed by atoms with Gasteiger partial charge in [0.15, 0.2) is 12.4 Å². The van der Waals surface area contributed by atoms with E-state index in [0.29, 0.717) is 17.5 Å². The van der Waals surface area contributed by atoms with Crippen LogP contribution in [0.4, 0.5) is 0 Å². The van der Waals surface area contributed by atoms with Crippen LogP contribution in [-0.4, -0.2) is 15.2 Å². The van der Waals surface area contributed by atoms with Crippen molar-refractivity contribution in [3.63, 3.8) is 0 Å². The van der Waals surface area contributed by atoms with Crippen molar-refractivity contribution < 1.29 is 14.4 Å². The maximum absolute atomic E-state index is 9.72. The minimum atomic E-state index is -0.601. The highest BCUT2D eigenvalue weighted by molar-refractivity contribution is 9.10. The molecule has 1 aromatic heterocycles. The number of ether oxygens (including phenoxy) is 1. The maximum Gasteiger partial charge on any atom is 0.264 e. The van der Waals surface area contributed by atoms with E-state index in [1.54, 1.807) is 6.92 Å². The lowest BCUT2D eigenvalue weighted by molar-refractivity contribution is 0.185. The molecule has 0 radical (unpaired) electrons. The molecule has 0 aliphatic carbocycles. The van der Waals surface area contributed by atoms with Crippen molar-refractivity contribution in [2.24, 2.45) is 0 Å². The van der Waals surface area contributed by atoms with Gasteiger partial charge >= 0.3 is 0 Å². The summed E-state index contributed by atoms with van der Waals surface area (Å²) in [5.41, 5.74) is 0.724. The van der Waals surface area contributed by atoms with Crippen LogP contribution in [-0.2, 0) is 13.0 Å². The average molecular weight is 341 g/mol.